The summed E-state index contributed by atoms with van der Waals surface area (Å²) < 4.78 is 33.4. The topological polar surface area (TPSA) is 83.1 Å². The molecule has 1 aromatic rings. The zero-order valence-corrected chi connectivity index (χ0v) is 10.8. The minimum absolute atomic E-state index is 0.0600. The number of methoxy groups -OCH3 is 2. The zero-order chi connectivity index (χ0) is 14.7. The Morgan fingerprint density at radius 1 is 1.20 bits per heavy atom. The normalized spacial score (nSPS) is 15.3. The fourth-order valence-electron chi connectivity index (χ4n) is 1.65. The summed E-state index contributed by atoms with van der Waals surface area (Å²) in [5.74, 6) is -2.18. The van der Waals surface area contributed by atoms with Crippen molar-refractivity contribution < 1.29 is 32.9 Å². The lowest BCUT2D eigenvalue weighted by molar-refractivity contribution is -0.197. The van der Waals surface area contributed by atoms with Gasteiger partial charge in [-0.15, -0.1) is 0 Å². The highest BCUT2D eigenvalue weighted by Gasteiger charge is 2.29. The Kier molecular flexibility index (Phi) is 3.92. The molecule has 7 nitrogen and oxygen atoms in total. The molecule has 1 heterocycles. The second kappa shape index (κ2) is 5.64. The molecular weight excluding hydrogens is 273 g/mol. The maximum absolute atomic E-state index is 14.1. The number of benzene rings is 1. The Hall–Kier alpha value is -2.51. The van der Waals surface area contributed by atoms with Gasteiger partial charge < -0.3 is 24.3 Å². The summed E-state index contributed by atoms with van der Waals surface area (Å²) >= 11 is 0. The lowest BCUT2D eigenvalue weighted by Gasteiger charge is -2.24. The molecule has 0 aromatic heterocycles. The van der Waals surface area contributed by atoms with Gasteiger partial charge in [0.05, 0.1) is 19.9 Å². The Bertz CT molecular complexity index is 531. The largest absolute Gasteiger partial charge is 0.493 e. The zero-order valence-electron chi connectivity index (χ0n) is 10.8. The highest BCUT2D eigenvalue weighted by molar-refractivity contribution is 5.92. The molecule has 1 aliphatic rings. The minimum atomic E-state index is -1.38. The van der Waals surface area contributed by atoms with Gasteiger partial charge in [0.1, 0.15) is 6.42 Å². The lowest BCUT2D eigenvalue weighted by Crippen LogP contribution is -2.37. The van der Waals surface area contributed by atoms with Gasteiger partial charge in [-0.1, -0.05) is 0 Å². The third-order valence-electron chi connectivity index (χ3n) is 2.52. The van der Waals surface area contributed by atoms with Crippen LogP contribution in [0.2, 0.25) is 0 Å². The molecule has 108 valence electrons. The summed E-state index contributed by atoms with van der Waals surface area (Å²) in [4.78, 5) is 22.2. The highest BCUT2D eigenvalue weighted by Crippen LogP contribution is 2.34. The predicted octanol–water partition coefficient (Wildman–Crippen LogP) is 1.03. The van der Waals surface area contributed by atoms with E-state index in [0.29, 0.717) is 0 Å². The molecule has 1 fully saturated rings. The van der Waals surface area contributed by atoms with Gasteiger partial charge in [0, 0.05) is 0 Å². The number of carbonyl (C=O) groups excluding carboxylic acids is 2. The first kappa shape index (κ1) is 13.9. The highest BCUT2D eigenvalue weighted by atomic mass is 19.1. The number of rotatable bonds is 4. The molecule has 0 aliphatic carbocycles. The van der Waals surface area contributed by atoms with Crippen LogP contribution in [-0.4, -0.2) is 32.6 Å². The molecule has 2 rings (SSSR count). The standard InChI is InChI=1S/C12H12FNO6/c1-17-7-4-3-6(10(13)11(7)18-2)14-12-19-8(15)5-9(16)20-12/h3-4,12,14H,5H2,1-2H3. The van der Waals surface area contributed by atoms with Crippen LogP contribution in [0.25, 0.3) is 0 Å². The van der Waals surface area contributed by atoms with Crippen LogP contribution in [0, 0.1) is 5.82 Å². The average Bonchev–Trinajstić information content (AvgIpc) is 2.39. The van der Waals surface area contributed by atoms with Crippen molar-refractivity contribution in [2.24, 2.45) is 0 Å². The van der Waals surface area contributed by atoms with Crippen LogP contribution >= 0.6 is 0 Å². The summed E-state index contributed by atoms with van der Waals surface area (Å²) in [6.07, 6.45) is -1.84. The Balaban J connectivity index is 2.21. The van der Waals surface area contributed by atoms with Crippen LogP contribution in [0.1, 0.15) is 6.42 Å². The number of ether oxygens (including phenoxy) is 4. The molecule has 1 saturated heterocycles. The van der Waals surface area contributed by atoms with Gasteiger partial charge in [-0.3, -0.25) is 9.59 Å². The monoisotopic (exact) mass is 285 g/mol. The van der Waals surface area contributed by atoms with Gasteiger partial charge in [0.15, 0.2) is 17.3 Å². The molecule has 0 unspecified atom stereocenters. The predicted molar refractivity (Wildman–Crippen MR) is 63.7 cm³/mol. The van der Waals surface area contributed by atoms with E-state index in [4.69, 9.17) is 18.9 Å². The number of halogens is 1. The van der Waals surface area contributed by atoms with Crippen LogP contribution in [0.5, 0.6) is 11.5 Å². The van der Waals surface area contributed by atoms with Crippen molar-refractivity contribution in [1.29, 1.82) is 0 Å². The molecular formula is C12H12FNO6. The summed E-state index contributed by atoms with van der Waals surface area (Å²) in [6.45, 7) is 0. The molecule has 1 aromatic carbocycles. The van der Waals surface area contributed by atoms with E-state index in [0.717, 1.165) is 0 Å². The quantitative estimate of drug-likeness (QED) is 0.653. The van der Waals surface area contributed by atoms with Gasteiger partial charge in [0.25, 0.3) is 0 Å². The number of hydrogen-bond acceptors (Lipinski definition) is 7. The number of nitrogens with one attached hydrogen (secondary N) is 1. The van der Waals surface area contributed by atoms with E-state index in [1.54, 1.807) is 0 Å². The Labute approximate surface area is 113 Å². The minimum Gasteiger partial charge on any atom is -0.493 e. The van der Waals surface area contributed by atoms with E-state index < -0.39 is 30.6 Å². The first-order chi connectivity index (χ1) is 9.55. The summed E-state index contributed by atoms with van der Waals surface area (Å²) in [5.41, 5.74) is -0.0600. The summed E-state index contributed by atoms with van der Waals surface area (Å²) in [6, 6.07) is 2.80. The number of hydrogen-bond donors (Lipinski definition) is 1. The molecule has 8 heteroatoms. The maximum atomic E-state index is 14.1. The van der Waals surface area contributed by atoms with E-state index in [1.807, 2.05) is 0 Å². The van der Waals surface area contributed by atoms with Crippen molar-refractivity contribution in [2.75, 3.05) is 19.5 Å². The number of esters is 2. The number of anilines is 1. The van der Waals surface area contributed by atoms with E-state index in [1.165, 1.54) is 26.4 Å². The second-order valence-electron chi connectivity index (χ2n) is 3.80. The molecule has 1 aliphatic heterocycles. The van der Waals surface area contributed by atoms with Crippen molar-refractivity contribution in [1.82, 2.24) is 0 Å². The van der Waals surface area contributed by atoms with Crippen LogP contribution in [0.4, 0.5) is 10.1 Å². The van der Waals surface area contributed by atoms with E-state index in [-0.39, 0.29) is 17.2 Å². The van der Waals surface area contributed by atoms with E-state index in [9.17, 15) is 14.0 Å². The van der Waals surface area contributed by atoms with Crippen LogP contribution in [-0.2, 0) is 19.1 Å². The third-order valence-corrected chi connectivity index (χ3v) is 2.52. The van der Waals surface area contributed by atoms with Gasteiger partial charge in [-0.25, -0.2) is 4.39 Å². The van der Waals surface area contributed by atoms with Gasteiger partial charge in [-0.2, -0.15) is 0 Å². The van der Waals surface area contributed by atoms with Crippen LogP contribution < -0.4 is 14.8 Å². The molecule has 0 bridgehead atoms. The fraction of sp³-hybridized carbons (Fsp3) is 0.333. The van der Waals surface area contributed by atoms with Gasteiger partial charge in [-0.05, 0) is 12.1 Å². The van der Waals surface area contributed by atoms with E-state index in [2.05, 4.69) is 5.32 Å². The van der Waals surface area contributed by atoms with E-state index >= 15 is 0 Å². The van der Waals surface area contributed by atoms with Crippen molar-refractivity contribution in [3.8, 4) is 11.5 Å². The molecule has 1 N–H and O–H groups in total. The Morgan fingerprint density at radius 3 is 2.40 bits per heavy atom. The molecule has 0 saturated carbocycles. The molecule has 0 radical (unpaired) electrons. The molecule has 0 atom stereocenters. The van der Waals surface area contributed by atoms with Crippen LogP contribution in [0.3, 0.4) is 0 Å². The molecule has 0 spiro atoms. The smallest absolute Gasteiger partial charge is 0.329 e. The van der Waals surface area contributed by atoms with Crippen molar-refractivity contribution >= 4 is 17.6 Å². The molecule has 0 amide bonds. The summed E-state index contributed by atoms with van der Waals surface area (Å²) in [5, 5.41) is 2.44. The first-order valence-electron chi connectivity index (χ1n) is 5.61. The fourth-order valence-corrected chi connectivity index (χ4v) is 1.65. The Morgan fingerprint density at radius 2 is 1.85 bits per heavy atom. The van der Waals surface area contributed by atoms with Crippen molar-refractivity contribution in [3.05, 3.63) is 17.9 Å². The molecule has 20 heavy (non-hydrogen) atoms. The van der Waals surface area contributed by atoms with Gasteiger partial charge in [0.2, 0.25) is 0 Å². The average molecular weight is 285 g/mol. The third kappa shape index (κ3) is 2.73. The number of carbonyl (C=O) groups is 2. The van der Waals surface area contributed by atoms with Crippen molar-refractivity contribution in [2.45, 2.75) is 12.8 Å². The lowest BCUT2D eigenvalue weighted by atomic mass is 10.2. The first-order valence-corrected chi connectivity index (χ1v) is 5.61. The second-order valence-corrected chi connectivity index (χ2v) is 3.80. The van der Waals surface area contributed by atoms with Crippen molar-refractivity contribution in [3.63, 3.8) is 0 Å². The van der Waals surface area contributed by atoms with Gasteiger partial charge >= 0.3 is 18.4 Å². The van der Waals surface area contributed by atoms with Crippen LogP contribution in [0.15, 0.2) is 12.1 Å². The number of cyclic esters (lactones) is 2. The maximum Gasteiger partial charge on any atom is 0.329 e. The summed E-state index contributed by atoms with van der Waals surface area (Å²) in [7, 11) is 2.65. The SMILES string of the molecule is COc1ccc(NC2OC(=O)CC(=O)O2)c(F)c1OC.